The van der Waals surface area contributed by atoms with Crippen LogP contribution in [-0.4, -0.2) is 31.9 Å². The minimum absolute atomic E-state index is 0.0743. The Bertz CT molecular complexity index is 1790. The third kappa shape index (κ3) is 8.38. The highest BCUT2D eigenvalue weighted by atomic mass is 19.4. The lowest BCUT2D eigenvalue weighted by Crippen LogP contribution is -2.49. The maximum absolute atomic E-state index is 15.2. The van der Waals surface area contributed by atoms with Gasteiger partial charge in [-0.3, -0.25) is 4.79 Å². The monoisotopic (exact) mass is 684 g/mol. The number of benzene rings is 4. The molecule has 6 nitrogen and oxygen atoms in total. The molecule has 0 radical (unpaired) electrons. The van der Waals surface area contributed by atoms with Crippen LogP contribution in [-0.2, 0) is 29.4 Å². The number of carbonyl (C=O) groups is 2. The topological polar surface area (TPSA) is 76.7 Å². The summed E-state index contributed by atoms with van der Waals surface area (Å²) in [5.41, 5.74) is -4.83. The highest BCUT2D eigenvalue weighted by molar-refractivity contribution is 5.95. The van der Waals surface area contributed by atoms with Crippen LogP contribution in [0.4, 0.5) is 44.3 Å². The van der Waals surface area contributed by atoms with Gasteiger partial charge in [-0.15, -0.1) is 0 Å². The Morgan fingerprint density at radius 2 is 1.48 bits per heavy atom. The number of halogens is 9. The Hall–Kier alpha value is -5.21. The van der Waals surface area contributed by atoms with Crippen molar-refractivity contribution in [1.82, 2.24) is 10.6 Å². The molecule has 0 unspecified atom stereocenters. The number of ether oxygens (including phenoxy) is 2. The number of carbonyl (C=O) groups excluding carboxylic acids is 2. The second kappa shape index (κ2) is 14.3. The number of methoxy groups -OCH3 is 1. The van der Waals surface area contributed by atoms with E-state index in [1.807, 2.05) is 0 Å². The molecule has 4 aromatic carbocycles. The smallest absolute Gasteiger partial charge is 0.427 e. The molecule has 0 heterocycles. The molecule has 0 saturated carbocycles. The lowest BCUT2D eigenvalue weighted by atomic mass is 9.77. The predicted molar refractivity (Wildman–Crippen MR) is 153 cm³/mol. The summed E-state index contributed by atoms with van der Waals surface area (Å²) < 4.78 is 135. The summed E-state index contributed by atoms with van der Waals surface area (Å²) >= 11 is 0. The van der Waals surface area contributed by atoms with Crippen LogP contribution in [0.5, 0.6) is 5.75 Å². The summed E-state index contributed by atoms with van der Waals surface area (Å²) in [5, 5.41) is 4.80. The van der Waals surface area contributed by atoms with Crippen LogP contribution in [0, 0.1) is 17.5 Å². The minimum atomic E-state index is -5.20. The third-order valence-electron chi connectivity index (χ3n) is 7.11. The molecule has 0 spiro atoms. The molecule has 48 heavy (non-hydrogen) atoms. The molecule has 2 N–H and O–H groups in total. The molecule has 1 atom stereocenters. The molecular weight excluding hydrogens is 659 g/mol. The summed E-state index contributed by atoms with van der Waals surface area (Å²) in [6.45, 7) is -2.76. The summed E-state index contributed by atoms with van der Waals surface area (Å²) in [6.07, 6.45) is -10.9. The molecule has 0 aliphatic carbocycles. The van der Waals surface area contributed by atoms with Gasteiger partial charge in [0.2, 0.25) is 0 Å². The Morgan fingerprint density at radius 1 is 0.792 bits per heavy atom. The first-order chi connectivity index (χ1) is 22.6. The van der Waals surface area contributed by atoms with Gasteiger partial charge in [-0.25, -0.2) is 22.4 Å². The molecule has 0 saturated heterocycles. The van der Waals surface area contributed by atoms with Gasteiger partial charge in [0.05, 0.1) is 18.2 Å². The highest BCUT2D eigenvalue weighted by Gasteiger charge is 2.40. The number of hydrogen-bond donors (Lipinski definition) is 2. The molecule has 0 aliphatic rings. The molecule has 0 aliphatic heterocycles. The first-order valence-corrected chi connectivity index (χ1v) is 13.8. The largest absolute Gasteiger partial charge is 0.453 e. The number of rotatable bonds is 11. The second-order valence-corrected chi connectivity index (χ2v) is 10.4. The van der Waals surface area contributed by atoms with Crippen LogP contribution in [0.25, 0.3) is 0 Å². The number of alkyl halides is 6. The first-order valence-electron chi connectivity index (χ1n) is 13.8. The minimum Gasteiger partial charge on any atom is -0.453 e. The standard InChI is InChI=1S/C33H25F9N2O4/c1-47-30(46)43-17-21-11-22(8-10-27(21)36)31(16-19-5-3-2-4-6-19,23-13-24(35)15-25(14-23)48-32(38,39)18-34)44-29(45)20-7-9-28(37)26(12-20)33(40,41)42/h2-15H,16-18H2,1H3,(H,43,46)(H,44,45)/t31-/m1/s1. The third-order valence-corrected chi connectivity index (χ3v) is 7.11. The Balaban J connectivity index is 2.00. The van der Waals surface area contributed by atoms with E-state index in [2.05, 4.69) is 20.1 Å². The molecule has 0 aromatic heterocycles. The Morgan fingerprint density at radius 3 is 2.12 bits per heavy atom. The average molecular weight is 685 g/mol. The average Bonchev–Trinajstić information content (AvgIpc) is 3.03. The van der Waals surface area contributed by atoms with E-state index in [0.29, 0.717) is 17.7 Å². The lowest BCUT2D eigenvalue weighted by Gasteiger charge is -2.37. The van der Waals surface area contributed by atoms with Crippen molar-refractivity contribution in [3.63, 3.8) is 0 Å². The number of nitrogens with one attached hydrogen (secondary N) is 2. The molecular formula is C33H25F9N2O4. The van der Waals surface area contributed by atoms with E-state index < -0.39 is 77.4 Å². The summed E-state index contributed by atoms with van der Waals surface area (Å²) in [7, 11) is 1.05. The van der Waals surface area contributed by atoms with Crippen molar-refractivity contribution in [3.05, 3.63) is 136 Å². The number of amides is 2. The molecule has 15 heteroatoms. The van der Waals surface area contributed by atoms with Gasteiger partial charge in [-0.1, -0.05) is 36.4 Å². The fraction of sp³-hybridized carbons (Fsp3) is 0.212. The summed E-state index contributed by atoms with van der Waals surface area (Å²) in [6, 6.07) is 14.7. The van der Waals surface area contributed by atoms with Crippen molar-refractivity contribution in [2.75, 3.05) is 13.8 Å². The zero-order chi connectivity index (χ0) is 35.3. The van der Waals surface area contributed by atoms with Gasteiger partial charge in [-0.2, -0.15) is 22.0 Å². The van der Waals surface area contributed by atoms with Gasteiger partial charge in [0, 0.05) is 30.2 Å². The van der Waals surface area contributed by atoms with Crippen molar-refractivity contribution in [1.29, 1.82) is 0 Å². The van der Waals surface area contributed by atoms with E-state index in [9.17, 15) is 44.7 Å². The number of hydrogen-bond acceptors (Lipinski definition) is 4. The van der Waals surface area contributed by atoms with Gasteiger partial charge in [0.1, 0.15) is 23.2 Å². The molecule has 4 aromatic rings. The van der Waals surface area contributed by atoms with Crippen LogP contribution >= 0.6 is 0 Å². The van der Waals surface area contributed by atoms with Crippen molar-refractivity contribution in [2.45, 2.75) is 30.8 Å². The quantitative estimate of drug-likeness (QED) is 0.158. The van der Waals surface area contributed by atoms with E-state index in [-0.39, 0.29) is 29.2 Å². The van der Waals surface area contributed by atoms with E-state index >= 15 is 4.39 Å². The molecule has 4 rings (SSSR count). The van der Waals surface area contributed by atoms with Gasteiger partial charge < -0.3 is 20.1 Å². The van der Waals surface area contributed by atoms with Crippen molar-refractivity contribution < 1.29 is 58.6 Å². The first kappa shape index (κ1) is 35.6. The van der Waals surface area contributed by atoms with Crippen molar-refractivity contribution >= 4 is 12.0 Å². The predicted octanol–water partition coefficient (Wildman–Crippen LogP) is 7.84. The molecule has 2 amide bonds. The van der Waals surface area contributed by atoms with E-state index in [1.54, 1.807) is 30.3 Å². The molecule has 0 bridgehead atoms. The van der Waals surface area contributed by atoms with Crippen molar-refractivity contribution in [3.8, 4) is 5.75 Å². The maximum atomic E-state index is 15.2. The van der Waals surface area contributed by atoms with Crippen LogP contribution in [0.1, 0.15) is 38.2 Å². The van der Waals surface area contributed by atoms with Crippen molar-refractivity contribution in [2.24, 2.45) is 0 Å². The molecule has 254 valence electrons. The fourth-order valence-electron chi connectivity index (χ4n) is 4.89. The Labute approximate surface area is 267 Å². The van der Waals surface area contributed by atoms with Gasteiger partial charge in [-0.05, 0) is 59.2 Å². The number of alkyl carbamates (subject to hydrolysis) is 1. The summed E-state index contributed by atoms with van der Waals surface area (Å²) in [5.74, 6) is -5.91. The van der Waals surface area contributed by atoms with Gasteiger partial charge in [0.15, 0.2) is 6.67 Å². The van der Waals surface area contributed by atoms with Crippen LogP contribution < -0.4 is 15.4 Å². The van der Waals surface area contributed by atoms with E-state index in [0.717, 1.165) is 43.5 Å². The van der Waals surface area contributed by atoms with Crippen LogP contribution in [0.2, 0.25) is 0 Å². The van der Waals surface area contributed by atoms with E-state index in [4.69, 9.17) is 0 Å². The molecule has 0 fully saturated rings. The van der Waals surface area contributed by atoms with Crippen LogP contribution in [0.15, 0.2) is 84.9 Å². The zero-order valence-corrected chi connectivity index (χ0v) is 24.7. The van der Waals surface area contributed by atoms with Gasteiger partial charge in [0.25, 0.3) is 5.91 Å². The zero-order valence-electron chi connectivity index (χ0n) is 24.7. The highest BCUT2D eigenvalue weighted by Crippen LogP contribution is 2.39. The Kier molecular flexibility index (Phi) is 10.6. The SMILES string of the molecule is COC(=O)NCc1cc([C@@](Cc2ccccc2)(NC(=O)c2ccc(F)c(C(F)(F)F)c2)c2cc(F)cc(OC(F)(F)CF)c2)ccc1F. The van der Waals surface area contributed by atoms with E-state index in [1.165, 1.54) is 0 Å². The fourth-order valence-corrected chi connectivity index (χ4v) is 4.89. The lowest BCUT2D eigenvalue weighted by molar-refractivity contribution is -0.186. The maximum Gasteiger partial charge on any atom is 0.427 e. The normalized spacial score (nSPS) is 13.0. The summed E-state index contributed by atoms with van der Waals surface area (Å²) in [4.78, 5) is 25.5. The second-order valence-electron chi connectivity index (χ2n) is 10.4. The van der Waals surface area contributed by atoms with Gasteiger partial charge >= 0.3 is 18.4 Å². The van der Waals surface area contributed by atoms with Crippen LogP contribution in [0.3, 0.4) is 0 Å².